The molecule has 0 spiro atoms. The van der Waals surface area contributed by atoms with Gasteiger partial charge in [0.25, 0.3) is 0 Å². The summed E-state index contributed by atoms with van der Waals surface area (Å²) >= 11 is 5.02. The molecule has 0 unspecified atom stereocenters. The van der Waals surface area contributed by atoms with Gasteiger partial charge in [0.05, 0.1) is 29.6 Å². The van der Waals surface area contributed by atoms with E-state index in [1.165, 1.54) is 0 Å². The topological polar surface area (TPSA) is 66.0 Å². The lowest BCUT2D eigenvalue weighted by Gasteiger charge is -2.09. The lowest BCUT2D eigenvalue weighted by atomic mass is 10.3. The SMILES string of the molecule is COc1cccc(-n2c(CC(N)=S)nc3ccccc32)n1. The van der Waals surface area contributed by atoms with E-state index >= 15 is 0 Å². The summed E-state index contributed by atoms with van der Waals surface area (Å²) in [6, 6.07) is 13.5. The number of hydrogen-bond acceptors (Lipinski definition) is 4. The van der Waals surface area contributed by atoms with Crippen molar-refractivity contribution in [3.05, 3.63) is 48.3 Å². The van der Waals surface area contributed by atoms with Gasteiger partial charge in [-0.3, -0.25) is 4.57 Å². The molecule has 0 aliphatic rings. The van der Waals surface area contributed by atoms with Crippen molar-refractivity contribution < 1.29 is 4.74 Å². The van der Waals surface area contributed by atoms with Crippen molar-refractivity contribution in [3.63, 3.8) is 0 Å². The molecular weight excluding hydrogens is 284 g/mol. The summed E-state index contributed by atoms with van der Waals surface area (Å²) < 4.78 is 7.15. The predicted molar refractivity (Wildman–Crippen MR) is 85.9 cm³/mol. The lowest BCUT2D eigenvalue weighted by molar-refractivity contribution is 0.397. The highest BCUT2D eigenvalue weighted by atomic mass is 32.1. The summed E-state index contributed by atoms with van der Waals surface area (Å²) in [7, 11) is 1.59. The van der Waals surface area contributed by atoms with Gasteiger partial charge in [-0.1, -0.05) is 30.4 Å². The van der Waals surface area contributed by atoms with Crippen molar-refractivity contribution in [1.82, 2.24) is 14.5 Å². The van der Waals surface area contributed by atoms with Gasteiger partial charge in [-0.15, -0.1) is 0 Å². The number of nitrogens with two attached hydrogens (primary N) is 1. The van der Waals surface area contributed by atoms with Crippen molar-refractivity contribution in [2.24, 2.45) is 5.73 Å². The number of imidazole rings is 1. The van der Waals surface area contributed by atoms with Crippen molar-refractivity contribution >= 4 is 28.2 Å². The minimum atomic E-state index is 0.398. The van der Waals surface area contributed by atoms with Crippen molar-refractivity contribution in [3.8, 4) is 11.7 Å². The van der Waals surface area contributed by atoms with E-state index in [0.717, 1.165) is 22.7 Å². The Morgan fingerprint density at radius 3 is 2.76 bits per heavy atom. The Morgan fingerprint density at radius 1 is 1.19 bits per heavy atom. The summed E-state index contributed by atoms with van der Waals surface area (Å²) in [5.41, 5.74) is 7.53. The molecular formula is C15H14N4OS. The number of benzene rings is 1. The Balaban J connectivity index is 2.25. The van der Waals surface area contributed by atoms with Crippen LogP contribution in [-0.4, -0.2) is 26.6 Å². The molecule has 0 bridgehead atoms. The number of nitrogens with zero attached hydrogens (tertiary/aromatic N) is 3. The maximum Gasteiger partial charge on any atom is 0.214 e. The third-order valence-corrected chi connectivity index (χ3v) is 3.25. The molecule has 0 radical (unpaired) electrons. The molecule has 2 N–H and O–H groups in total. The molecule has 106 valence electrons. The maximum atomic E-state index is 5.68. The fourth-order valence-corrected chi connectivity index (χ4v) is 2.38. The van der Waals surface area contributed by atoms with Gasteiger partial charge in [-0.2, -0.15) is 4.98 Å². The van der Waals surface area contributed by atoms with E-state index in [-0.39, 0.29) is 0 Å². The van der Waals surface area contributed by atoms with Gasteiger partial charge in [0.15, 0.2) is 0 Å². The molecule has 1 aromatic carbocycles. The van der Waals surface area contributed by atoms with Crippen molar-refractivity contribution in [1.29, 1.82) is 0 Å². The number of thiocarbonyl (C=S) groups is 1. The van der Waals surface area contributed by atoms with Crippen LogP contribution in [0.2, 0.25) is 0 Å². The summed E-state index contributed by atoms with van der Waals surface area (Å²) in [5, 5.41) is 0. The Hall–Kier alpha value is -2.47. The number of pyridine rings is 1. The fourth-order valence-electron chi connectivity index (χ4n) is 2.25. The molecule has 0 atom stereocenters. The average Bonchev–Trinajstić information content (AvgIpc) is 2.84. The fraction of sp³-hybridized carbons (Fsp3) is 0.133. The molecule has 0 saturated heterocycles. The number of para-hydroxylation sites is 2. The van der Waals surface area contributed by atoms with E-state index in [2.05, 4.69) is 9.97 Å². The summed E-state index contributed by atoms with van der Waals surface area (Å²) in [5.74, 6) is 2.05. The highest BCUT2D eigenvalue weighted by Gasteiger charge is 2.14. The Labute approximate surface area is 127 Å². The lowest BCUT2D eigenvalue weighted by Crippen LogP contribution is -2.15. The molecule has 3 aromatic rings. The minimum Gasteiger partial charge on any atom is -0.481 e. The van der Waals surface area contributed by atoms with Gasteiger partial charge in [-0.25, -0.2) is 4.98 Å². The number of rotatable bonds is 4. The van der Waals surface area contributed by atoms with Crippen LogP contribution in [0.25, 0.3) is 16.9 Å². The van der Waals surface area contributed by atoms with Gasteiger partial charge in [-0.05, 0) is 18.2 Å². The Morgan fingerprint density at radius 2 is 2.00 bits per heavy atom. The van der Waals surface area contributed by atoms with Crippen LogP contribution >= 0.6 is 12.2 Å². The second-order valence-corrected chi connectivity index (χ2v) is 5.06. The monoisotopic (exact) mass is 298 g/mol. The normalized spacial score (nSPS) is 10.7. The first-order valence-electron chi connectivity index (χ1n) is 6.45. The third kappa shape index (κ3) is 2.57. The van der Waals surface area contributed by atoms with Crippen LogP contribution in [0.1, 0.15) is 5.82 Å². The molecule has 0 fully saturated rings. The average molecular weight is 298 g/mol. The number of hydrogen-bond donors (Lipinski definition) is 1. The smallest absolute Gasteiger partial charge is 0.214 e. The molecule has 0 aliphatic heterocycles. The highest BCUT2D eigenvalue weighted by Crippen LogP contribution is 2.22. The van der Waals surface area contributed by atoms with Crippen LogP contribution in [0.4, 0.5) is 0 Å². The number of methoxy groups -OCH3 is 1. The van der Waals surface area contributed by atoms with Crippen LogP contribution in [0.3, 0.4) is 0 Å². The van der Waals surface area contributed by atoms with Crippen LogP contribution < -0.4 is 10.5 Å². The maximum absolute atomic E-state index is 5.68. The van der Waals surface area contributed by atoms with Gasteiger partial charge >= 0.3 is 0 Å². The van der Waals surface area contributed by atoms with E-state index in [1.54, 1.807) is 13.2 Å². The second-order valence-electron chi connectivity index (χ2n) is 4.53. The molecule has 6 heteroatoms. The van der Waals surface area contributed by atoms with E-state index < -0.39 is 0 Å². The molecule has 2 aromatic heterocycles. The standard InChI is InChI=1S/C15H14N4OS/c1-20-15-8-4-7-13(18-15)19-11-6-3-2-5-10(11)17-14(19)9-12(16)21/h2-8H,9H2,1H3,(H2,16,21). The van der Waals surface area contributed by atoms with Gasteiger partial charge < -0.3 is 10.5 Å². The zero-order valence-corrected chi connectivity index (χ0v) is 12.3. The van der Waals surface area contributed by atoms with Crippen molar-refractivity contribution in [2.75, 3.05) is 7.11 Å². The van der Waals surface area contributed by atoms with Gasteiger partial charge in [0, 0.05) is 6.07 Å². The number of fused-ring (bicyclic) bond motifs is 1. The number of ether oxygens (including phenoxy) is 1. The van der Waals surface area contributed by atoms with Crippen LogP contribution in [0, 0.1) is 0 Å². The number of aromatic nitrogens is 3. The molecule has 3 rings (SSSR count). The van der Waals surface area contributed by atoms with Gasteiger partial charge in [0.2, 0.25) is 5.88 Å². The first-order chi connectivity index (χ1) is 10.2. The first-order valence-corrected chi connectivity index (χ1v) is 6.86. The molecule has 21 heavy (non-hydrogen) atoms. The van der Waals surface area contributed by atoms with Crippen LogP contribution in [0.5, 0.6) is 5.88 Å². The van der Waals surface area contributed by atoms with Gasteiger partial charge in [0.1, 0.15) is 11.6 Å². The summed E-state index contributed by atoms with van der Waals surface area (Å²) in [4.78, 5) is 9.47. The molecule has 5 nitrogen and oxygen atoms in total. The highest BCUT2D eigenvalue weighted by molar-refractivity contribution is 7.80. The molecule has 0 aliphatic carbocycles. The van der Waals surface area contributed by atoms with Crippen LogP contribution in [-0.2, 0) is 6.42 Å². The second kappa shape index (κ2) is 5.49. The Bertz CT molecular complexity index is 812. The zero-order valence-electron chi connectivity index (χ0n) is 11.5. The van der Waals surface area contributed by atoms with Crippen molar-refractivity contribution in [2.45, 2.75) is 6.42 Å². The Kier molecular flexibility index (Phi) is 3.53. The molecule has 2 heterocycles. The summed E-state index contributed by atoms with van der Waals surface area (Å²) in [6.07, 6.45) is 0.420. The van der Waals surface area contributed by atoms with Crippen LogP contribution in [0.15, 0.2) is 42.5 Å². The summed E-state index contributed by atoms with van der Waals surface area (Å²) in [6.45, 7) is 0. The minimum absolute atomic E-state index is 0.398. The first kappa shape index (κ1) is 13.5. The zero-order chi connectivity index (χ0) is 14.8. The molecule has 0 saturated carbocycles. The van der Waals surface area contributed by atoms with E-state index in [0.29, 0.717) is 17.3 Å². The largest absolute Gasteiger partial charge is 0.481 e. The third-order valence-electron chi connectivity index (χ3n) is 3.11. The predicted octanol–water partition coefficient (Wildman–Crippen LogP) is 2.26. The van der Waals surface area contributed by atoms with E-state index in [1.807, 2.05) is 41.0 Å². The molecule has 0 amide bonds. The van der Waals surface area contributed by atoms with E-state index in [9.17, 15) is 0 Å². The van der Waals surface area contributed by atoms with E-state index in [4.69, 9.17) is 22.7 Å². The quantitative estimate of drug-likeness (QED) is 0.748.